The van der Waals surface area contributed by atoms with Gasteiger partial charge in [0.25, 0.3) is 5.91 Å². The first-order chi connectivity index (χ1) is 23.4. The number of halogens is 4. The van der Waals surface area contributed by atoms with Crippen LogP contribution in [0.3, 0.4) is 0 Å². The minimum atomic E-state index is -3.22. The molecule has 1 aliphatic heterocycles. The SMILES string of the molecule is C[C@H](OC(N)=O)c1oc(-c2ccc(OC(F)F)c(OC(CCCC=O)C3COCCN3)c2)nc1C(=O)NC(C(N)=O)c1ccc(F)cc1F. The molecule has 14 nitrogen and oxygen atoms in total. The Kier molecular flexibility index (Phi) is 12.5. The molecule has 0 bridgehead atoms. The lowest BCUT2D eigenvalue weighted by atomic mass is 10.0. The van der Waals surface area contributed by atoms with Gasteiger partial charge < -0.3 is 50.3 Å². The van der Waals surface area contributed by atoms with Gasteiger partial charge in [0.15, 0.2) is 29.1 Å². The summed E-state index contributed by atoms with van der Waals surface area (Å²) in [6, 6.07) is 3.77. The summed E-state index contributed by atoms with van der Waals surface area (Å²) in [7, 11) is 0. The summed E-state index contributed by atoms with van der Waals surface area (Å²) in [6.07, 6.45) is -1.52. The van der Waals surface area contributed by atoms with E-state index in [1.165, 1.54) is 19.1 Å². The maximum Gasteiger partial charge on any atom is 0.405 e. The molecule has 1 aliphatic rings. The van der Waals surface area contributed by atoms with Gasteiger partial charge in [-0.1, -0.05) is 6.07 Å². The van der Waals surface area contributed by atoms with Crippen LogP contribution < -0.4 is 31.6 Å². The van der Waals surface area contributed by atoms with Crippen LogP contribution in [0.2, 0.25) is 0 Å². The molecular weight excluding hydrogens is 662 g/mol. The molecule has 3 unspecified atom stereocenters. The van der Waals surface area contributed by atoms with Gasteiger partial charge in [0, 0.05) is 30.2 Å². The third kappa shape index (κ3) is 9.66. The number of rotatable bonds is 16. The zero-order valence-electron chi connectivity index (χ0n) is 26.0. The van der Waals surface area contributed by atoms with Gasteiger partial charge in [-0.3, -0.25) is 9.59 Å². The van der Waals surface area contributed by atoms with E-state index in [4.69, 9.17) is 30.1 Å². The number of amides is 3. The Morgan fingerprint density at radius 1 is 1.12 bits per heavy atom. The summed E-state index contributed by atoms with van der Waals surface area (Å²) >= 11 is 0. The Morgan fingerprint density at radius 2 is 1.90 bits per heavy atom. The standard InChI is InChI=1S/C31H33F4N5O9/c1-15(46-31(37)44)26-25(28(43)39-24(27(36)42)18-7-6-17(32)13-19(18)33)40-29(49-26)16-5-8-22(48-30(34)35)23(12-16)47-21(4-2-3-10-41)20-14-45-11-9-38-20/h5-8,10,12-13,15,20-21,24,30,38H,2-4,9,11,14H2,1H3,(H2,36,42)(H2,37,44)(H,39,43)/t15-,20?,21?,24?/m0/s1. The molecule has 4 atom stereocenters. The number of unbranched alkanes of at least 4 members (excludes halogenated alkanes) is 1. The van der Waals surface area contributed by atoms with Crippen LogP contribution in [0.15, 0.2) is 40.8 Å². The van der Waals surface area contributed by atoms with E-state index in [0.29, 0.717) is 32.1 Å². The largest absolute Gasteiger partial charge is 0.485 e. The topological polar surface area (TPSA) is 207 Å². The summed E-state index contributed by atoms with van der Waals surface area (Å²) in [4.78, 5) is 52.4. The van der Waals surface area contributed by atoms with Crippen LogP contribution in [0, 0.1) is 11.6 Å². The predicted octanol–water partition coefficient (Wildman–Crippen LogP) is 3.44. The number of hydrogen-bond acceptors (Lipinski definition) is 11. The number of ether oxygens (including phenoxy) is 4. The maximum absolute atomic E-state index is 14.5. The van der Waals surface area contributed by atoms with E-state index in [1.807, 2.05) is 0 Å². The molecule has 3 amide bonds. The highest BCUT2D eigenvalue weighted by atomic mass is 19.3. The summed E-state index contributed by atoms with van der Waals surface area (Å²) < 4.78 is 81.9. The Labute approximate surface area is 276 Å². The van der Waals surface area contributed by atoms with Gasteiger partial charge in [0.1, 0.15) is 30.1 Å². The summed E-state index contributed by atoms with van der Waals surface area (Å²) in [6.45, 7) is -0.749. The van der Waals surface area contributed by atoms with Crippen molar-refractivity contribution in [2.75, 3.05) is 19.8 Å². The predicted molar refractivity (Wildman–Crippen MR) is 160 cm³/mol. The number of morpholine rings is 1. The second-order valence-corrected chi connectivity index (χ2v) is 10.7. The number of primary amides is 2. The van der Waals surface area contributed by atoms with Crippen LogP contribution in [-0.4, -0.2) is 67.7 Å². The van der Waals surface area contributed by atoms with Crippen molar-refractivity contribution in [1.29, 1.82) is 0 Å². The van der Waals surface area contributed by atoms with E-state index in [9.17, 15) is 36.7 Å². The average Bonchev–Trinajstić information content (AvgIpc) is 3.50. The van der Waals surface area contributed by atoms with E-state index in [2.05, 4.69) is 20.4 Å². The molecular formula is C31H33F4N5O9. The Morgan fingerprint density at radius 3 is 2.53 bits per heavy atom. The molecule has 18 heteroatoms. The van der Waals surface area contributed by atoms with Gasteiger partial charge in [-0.2, -0.15) is 8.78 Å². The van der Waals surface area contributed by atoms with E-state index in [0.717, 1.165) is 24.5 Å². The average molecular weight is 696 g/mol. The monoisotopic (exact) mass is 695 g/mol. The zero-order chi connectivity index (χ0) is 35.7. The highest BCUT2D eigenvalue weighted by Crippen LogP contribution is 2.37. The van der Waals surface area contributed by atoms with Crippen molar-refractivity contribution in [3.63, 3.8) is 0 Å². The third-order valence-electron chi connectivity index (χ3n) is 7.26. The Bertz CT molecular complexity index is 1650. The van der Waals surface area contributed by atoms with Crippen LogP contribution in [0.25, 0.3) is 11.5 Å². The lowest BCUT2D eigenvalue weighted by Gasteiger charge is -2.32. The lowest BCUT2D eigenvalue weighted by Crippen LogP contribution is -2.50. The zero-order valence-corrected chi connectivity index (χ0v) is 26.0. The molecule has 4 rings (SSSR count). The molecule has 0 saturated carbocycles. The molecule has 2 aromatic carbocycles. The van der Waals surface area contributed by atoms with Crippen LogP contribution in [0.1, 0.15) is 60.1 Å². The first-order valence-corrected chi connectivity index (χ1v) is 14.9. The molecule has 0 spiro atoms. The number of aldehydes is 1. The number of carbonyl (C=O) groups excluding carboxylic acids is 4. The first kappa shape index (κ1) is 36.6. The number of nitrogens with two attached hydrogens (primary N) is 2. The minimum absolute atomic E-state index is 0.0683. The van der Waals surface area contributed by atoms with Crippen LogP contribution in [0.5, 0.6) is 11.5 Å². The second-order valence-electron chi connectivity index (χ2n) is 10.7. The van der Waals surface area contributed by atoms with Crippen molar-refractivity contribution >= 4 is 24.2 Å². The number of carbonyl (C=O) groups is 4. The molecule has 3 aromatic rings. The third-order valence-corrected chi connectivity index (χ3v) is 7.26. The highest BCUT2D eigenvalue weighted by Gasteiger charge is 2.32. The number of aromatic nitrogens is 1. The summed E-state index contributed by atoms with van der Waals surface area (Å²) in [5.41, 5.74) is 9.61. The number of alkyl halides is 2. The number of hydrogen-bond donors (Lipinski definition) is 4. The number of nitrogens with zero attached hydrogens (tertiary/aromatic N) is 1. The molecule has 1 aromatic heterocycles. The smallest absolute Gasteiger partial charge is 0.405 e. The fourth-order valence-corrected chi connectivity index (χ4v) is 5.02. The normalized spacial score (nSPS) is 16.3. The number of nitrogens with one attached hydrogen (secondary N) is 2. The van der Waals surface area contributed by atoms with Gasteiger partial charge in [-0.15, -0.1) is 0 Å². The lowest BCUT2D eigenvalue weighted by molar-refractivity contribution is -0.120. The molecule has 1 fully saturated rings. The highest BCUT2D eigenvalue weighted by molar-refractivity contribution is 5.97. The van der Waals surface area contributed by atoms with E-state index < -0.39 is 65.7 Å². The summed E-state index contributed by atoms with van der Waals surface area (Å²) in [5.74, 6) is -5.68. The van der Waals surface area contributed by atoms with E-state index >= 15 is 0 Å². The van der Waals surface area contributed by atoms with Gasteiger partial charge in [0.05, 0.1) is 19.3 Å². The molecule has 49 heavy (non-hydrogen) atoms. The van der Waals surface area contributed by atoms with Crippen molar-refractivity contribution in [3.05, 3.63) is 65.1 Å². The first-order valence-electron chi connectivity index (χ1n) is 14.9. The van der Waals surface area contributed by atoms with Crippen molar-refractivity contribution in [2.45, 2.75) is 57.1 Å². The van der Waals surface area contributed by atoms with Gasteiger partial charge in [-0.25, -0.2) is 18.6 Å². The quantitative estimate of drug-likeness (QED) is 0.0970. The Balaban J connectivity index is 1.74. The Hall–Kier alpha value is -5.23. The fourth-order valence-electron chi connectivity index (χ4n) is 5.02. The van der Waals surface area contributed by atoms with Gasteiger partial charge in [-0.05, 0) is 44.0 Å². The van der Waals surface area contributed by atoms with Crippen molar-refractivity contribution in [1.82, 2.24) is 15.6 Å². The van der Waals surface area contributed by atoms with Crippen molar-refractivity contribution in [3.8, 4) is 23.0 Å². The van der Waals surface area contributed by atoms with Crippen molar-refractivity contribution < 1.29 is 60.1 Å². The molecule has 2 heterocycles. The molecule has 6 N–H and O–H groups in total. The van der Waals surface area contributed by atoms with Crippen LogP contribution in [-0.2, 0) is 19.1 Å². The number of oxazole rings is 1. The van der Waals surface area contributed by atoms with Crippen molar-refractivity contribution in [2.24, 2.45) is 11.5 Å². The minimum Gasteiger partial charge on any atom is -0.485 e. The molecule has 264 valence electrons. The van der Waals surface area contributed by atoms with Crippen LogP contribution >= 0.6 is 0 Å². The molecule has 0 radical (unpaired) electrons. The summed E-state index contributed by atoms with van der Waals surface area (Å²) in [5, 5.41) is 5.45. The van der Waals surface area contributed by atoms with Gasteiger partial charge in [0.2, 0.25) is 11.8 Å². The van der Waals surface area contributed by atoms with Crippen LogP contribution in [0.4, 0.5) is 22.4 Å². The van der Waals surface area contributed by atoms with E-state index in [-0.39, 0.29) is 47.8 Å². The van der Waals surface area contributed by atoms with Gasteiger partial charge >= 0.3 is 12.7 Å². The maximum atomic E-state index is 14.5. The van der Waals surface area contributed by atoms with E-state index in [1.54, 1.807) is 0 Å². The molecule has 1 saturated heterocycles. The second kappa shape index (κ2) is 16.7. The number of benzene rings is 2. The molecule has 0 aliphatic carbocycles. The fraction of sp³-hybridized carbons (Fsp3) is 0.387.